The van der Waals surface area contributed by atoms with Gasteiger partial charge in [0.25, 0.3) is 0 Å². The van der Waals surface area contributed by atoms with Crippen molar-refractivity contribution in [1.82, 2.24) is 0 Å². The maximum Gasteiger partial charge on any atom is 0.190 e. The molecule has 88 valence electrons. The third-order valence-electron chi connectivity index (χ3n) is 2.92. The van der Waals surface area contributed by atoms with Crippen LogP contribution in [0.1, 0.15) is 46.0 Å². The van der Waals surface area contributed by atoms with Crippen LogP contribution in [0.4, 0.5) is 0 Å². The SMILES string of the molecule is CCCOCC(=O)C1(OCC)CCCC1. The van der Waals surface area contributed by atoms with Crippen LogP contribution in [0.15, 0.2) is 0 Å². The molecule has 1 saturated carbocycles. The Morgan fingerprint density at radius 2 is 1.93 bits per heavy atom. The average molecular weight is 214 g/mol. The van der Waals surface area contributed by atoms with E-state index in [9.17, 15) is 4.79 Å². The number of carbonyl (C=O) groups excluding carboxylic acids is 1. The summed E-state index contributed by atoms with van der Waals surface area (Å²) in [5.41, 5.74) is -0.511. The zero-order valence-electron chi connectivity index (χ0n) is 9.88. The largest absolute Gasteiger partial charge is 0.374 e. The Bertz CT molecular complexity index is 195. The van der Waals surface area contributed by atoms with Gasteiger partial charge in [0.2, 0.25) is 0 Å². The number of ether oxygens (including phenoxy) is 2. The Morgan fingerprint density at radius 3 is 2.47 bits per heavy atom. The number of rotatable bonds is 7. The zero-order chi connectivity index (χ0) is 11.1. The van der Waals surface area contributed by atoms with Crippen LogP contribution in [0.5, 0.6) is 0 Å². The monoisotopic (exact) mass is 214 g/mol. The summed E-state index contributed by atoms with van der Waals surface area (Å²) in [5.74, 6) is 0.135. The molecule has 0 atom stereocenters. The number of hydrogen-bond acceptors (Lipinski definition) is 3. The molecule has 1 aliphatic carbocycles. The van der Waals surface area contributed by atoms with Gasteiger partial charge in [-0.25, -0.2) is 0 Å². The molecule has 0 aromatic rings. The van der Waals surface area contributed by atoms with Crippen molar-refractivity contribution in [2.24, 2.45) is 0 Å². The Labute approximate surface area is 92.1 Å². The van der Waals surface area contributed by atoms with Crippen LogP contribution in [-0.4, -0.2) is 31.2 Å². The minimum Gasteiger partial charge on any atom is -0.374 e. The van der Waals surface area contributed by atoms with Gasteiger partial charge in [0.05, 0.1) is 0 Å². The number of Topliss-reactive ketones (excluding diaryl/α,β-unsaturated/α-hetero) is 1. The first-order valence-electron chi connectivity index (χ1n) is 6.00. The Morgan fingerprint density at radius 1 is 1.27 bits per heavy atom. The first-order chi connectivity index (χ1) is 7.25. The highest BCUT2D eigenvalue weighted by Crippen LogP contribution is 2.34. The van der Waals surface area contributed by atoms with E-state index in [0.29, 0.717) is 13.2 Å². The molecule has 0 amide bonds. The summed E-state index contributed by atoms with van der Waals surface area (Å²) in [6.45, 7) is 5.47. The molecule has 0 spiro atoms. The molecule has 0 bridgehead atoms. The second-order valence-electron chi connectivity index (χ2n) is 4.11. The normalized spacial score (nSPS) is 19.3. The average Bonchev–Trinajstić information content (AvgIpc) is 2.68. The molecule has 1 fully saturated rings. The van der Waals surface area contributed by atoms with Gasteiger partial charge in [-0.1, -0.05) is 6.92 Å². The maximum atomic E-state index is 12.0. The minimum absolute atomic E-state index is 0.135. The number of ketones is 1. The van der Waals surface area contributed by atoms with Crippen LogP contribution in [0.25, 0.3) is 0 Å². The predicted octanol–water partition coefficient (Wildman–Crippen LogP) is 2.33. The highest BCUT2D eigenvalue weighted by atomic mass is 16.5. The summed E-state index contributed by atoms with van der Waals surface area (Å²) in [7, 11) is 0. The van der Waals surface area contributed by atoms with Crippen LogP contribution in [-0.2, 0) is 14.3 Å². The lowest BCUT2D eigenvalue weighted by Gasteiger charge is -2.27. The lowest BCUT2D eigenvalue weighted by molar-refractivity contribution is -0.148. The van der Waals surface area contributed by atoms with Crippen molar-refractivity contribution in [2.75, 3.05) is 19.8 Å². The number of carbonyl (C=O) groups is 1. The van der Waals surface area contributed by atoms with E-state index in [1.165, 1.54) is 0 Å². The molecule has 1 aliphatic rings. The highest BCUT2D eigenvalue weighted by Gasteiger charge is 2.41. The first-order valence-corrected chi connectivity index (χ1v) is 6.00. The van der Waals surface area contributed by atoms with E-state index < -0.39 is 5.60 Å². The Kier molecular flexibility index (Phi) is 5.26. The summed E-state index contributed by atoms with van der Waals surface area (Å²) in [4.78, 5) is 12.0. The summed E-state index contributed by atoms with van der Waals surface area (Å²) in [5, 5.41) is 0. The van der Waals surface area contributed by atoms with E-state index in [-0.39, 0.29) is 12.4 Å². The van der Waals surface area contributed by atoms with Crippen molar-refractivity contribution in [3.8, 4) is 0 Å². The molecule has 3 nitrogen and oxygen atoms in total. The first kappa shape index (κ1) is 12.7. The number of hydrogen-bond donors (Lipinski definition) is 0. The van der Waals surface area contributed by atoms with Gasteiger partial charge >= 0.3 is 0 Å². The molecule has 1 rings (SSSR count). The third-order valence-corrected chi connectivity index (χ3v) is 2.92. The fraction of sp³-hybridized carbons (Fsp3) is 0.917. The lowest BCUT2D eigenvalue weighted by atomic mass is 9.96. The zero-order valence-corrected chi connectivity index (χ0v) is 9.88. The van der Waals surface area contributed by atoms with E-state index in [1.54, 1.807) is 0 Å². The van der Waals surface area contributed by atoms with Gasteiger partial charge in [0, 0.05) is 13.2 Å². The smallest absolute Gasteiger partial charge is 0.190 e. The van der Waals surface area contributed by atoms with Crippen LogP contribution < -0.4 is 0 Å². The summed E-state index contributed by atoms with van der Waals surface area (Å²) in [6, 6.07) is 0. The molecule has 15 heavy (non-hydrogen) atoms. The molecule has 0 aromatic carbocycles. The second-order valence-corrected chi connectivity index (χ2v) is 4.11. The van der Waals surface area contributed by atoms with Gasteiger partial charge in [-0.15, -0.1) is 0 Å². The van der Waals surface area contributed by atoms with Crippen LogP contribution >= 0.6 is 0 Å². The Balaban J connectivity index is 2.44. The molecule has 0 unspecified atom stereocenters. The minimum atomic E-state index is -0.511. The van der Waals surface area contributed by atoms with Gasteiger partial charge in [0.1, 0.15) is 12.2 Å². The third kappa shape index (κ3) is 3.28. The molecule has 0 aromatic heterocycles. The van der Waals surface area contributed by atoms with E-state index in [1.807, 2.05) is 13.8 Å². The maximum absolute atomic E-state index is 12.0. The van der Waals surface area contributed by atoms with Crippen molar-refractivity contribution in [1.29, 1.82) is 0 Å². The van der Waals surface area contributed by atoms with E-state index in [4.69, 9.17) is 9.47 Å². The lowest BCUT2D eigenvalue weighted by Crippen LogP contribution is -2.41. The van der Waals surface area contributed by atoms with Gasteiger partial charge in [0.15, 0.2) is 5.78 Å². The van der Waals surface area contributed by atoms with E-state index >= 15 is 0 Å². The van der Waals surface area contributed by atoms with Crippen molar-refractivity contribution >= 4 is 5.78 Å². The van der Waals surface area contributed by atoms with Crippen molar-refractivity contribution in [3.05, 3.63) is 0 Å². The van der Waals surface area contributed by atoms with Crippen molar-refractivity contribution < 1.29 is 14.3 Å². The van der Waals surface area contributed by atoms with Crippen LogP contribution in [0, 0.1) is 0 Å². The van der Waals surface area contributed by atoms with Gasteiger partial charge in [-0.2, -0.15) is 0 Å². The fourth-order valence-corrected chi connectivity index (χ4v) is 2.17. The Hall–Kier alpha value is -0.410. The van der Waals surface area contributed by atoms with Crippen molar-refractivity contribution in [2.45, 2.75) is 51.6 Å². The molecule has 3 heteroatoms. The fourth-order valence-electron chi connectivity index (χ4n) is 2.17. The van der Waals surface area contributed by atoms with Gasteiger partial charge in [-0.05, 0) is 39.0 Å². The molecule has 0 aliphatic heterocycles. The molecule has 0 N–H and O–H groups in total. The molecule has 0 saturated heterocycles. The summed E-state index contributed by atoms with van der Waals surface area (Å²) in [6.07, 6.45) is 4.89. The molecular weight excluding hydrogens is 192 g/mol. The predicted molar refractivity (Wildman–Crippen MR) is 58.9 cm³/mol. The van der Waals surface area contributed by atoms with E-state index in [0.717, 1.165) is 32.1 Å². The second kappa shape index (κ2) is 6.23. The van der Waals surface area contributed by atoms with Crippen LogP contribution in [0.2, 0.25) is 0 Å². The molecular formula is C12H22O3. The standard InChI is InChI=1S/C12H22O3/c1-3-9-14-10-11(13)12(15-4-2)7-5-6-8-12/h3-10H2,1-2H3. The molecule has 0 radical (unpaired) electrons. The topological polar surface area (TPSA) is 35.5 Å². The summed E-state index contributed by atoms with van der Waals surface area (Å²) < 4.78 is 11.0. The quantitative estimate of drug-likeness (QED) is 0.610. The van der Waals surface area contributed by atoms with Gasteiger partial charge < -0.3 is 9.47 Å². The molecule has 0 heterocycles. The van der Waals surface area contributed by atoms with E-state index in [2.05, 4.69) is 0 Å². The van der Waals surface area contributed by atoms with Crippen LogP contribution in [0.3, 0.4) is 0 Å². The summed E-state index contributed by atoms with van der Waals surface area (Å²) >= 11 is 0. The van der Waals surface area contributed by atoms with Crippen molar-refractivity contribution in [3.63, 3.8) is 0 Å². The van der Waals surface area contributed by atoms with Gasteiger partial charge in [-0.3, -0.25) is 4.79 Å². The highest BCUT2D eigenvalue weighted by molar-refractivity contribution is 5.88.